The van der Waals surface area contributed by atoms with Crippen molar-refractivity contribution in [3.05, 3.63) is 29.3 Å². The van der Waals surface area contributed by atoms with Gasteiger partial charge in [-0.3, -0.25) is 29.3 Å². The Morgan fingerprint density at radius 3 is 2.78 bits per heavy atom. The lowest BCUT2D eigenvalue weighted by molar-refractivity contribution is -0.137. The summed E-state index contributed by atoms with van der Waals surface area (Å²) in [4.78, 5) is 61.6. The topological polar surface area (TPSA) is 134 Å². The summed E-state index contributed by atoms with van der Waals surface area (Å²) in [5.41, 5.74) is 1.69. The minimum absolute atomic E-state index is 0.0240. The molecular weight excluding hydrogens is 416 g/mol. The smallest absolute Gasteiger partial charge is 0.255 e. The normalized spacial score (nSPS) is 17.8. The van der Waals surface area contributed by atoms with Crippen LogP contribution in [0.15, 0.2) is 18.2 Å². The minimum Gasteiger partial charge on any atom is -0.377 e. The van der Waals surface area contributed by atoms with Crippen LogP contribution in [-0.2, 0) is 30.5 Å². The summed E-state index contributed by atoms with van der Waals surface area (Å²) >= 11 is 0. The lowest BCUT2D eigenvalue weighted by atomic mass is 10.0. The fourth-order valence-electron chi connectivity index (χ4n) is 3.89. The van der Waals surface area contributed by atoms with Crippen molar-refractivity contribution >= 4 is 35.1 Å². The Balaban J connectivity index is 1.50. The van der Waals surface area contributed by atoms with Gasteiger partial charge in [-0.15, -0.1) is 0 Å². The van der Waals surface area contributed by atoms with Crippen LogP contribution in [-0.4, -0.2) is 67.2 Å². The summed E-state index contributed by atoms with van der Waals surface area (Å²) in [6.07, 6.45) is 2.17. The van der Waals surface area contributed by atoms with Crippen molar-refractivity contribution in [2.24, 2.45) is 0 Å². The first-order chi connectivity index (χ1) is 15.4. The summed E-state index contributed by atoms with van der Waals surface area (Å²) in [7, 11) is 1.47. The molecule has 32 heavy (non-hydrogen) atoms. The highest BCUT2D eigenvalue weighted by Gasteiger charge is 2.39. The monoisotopic (exact) mass is 444 g/mol. The molecule has 3 rings (SSSR count). The number of anilines is 1. The zero-order valence-electron chi connectivity index (χ0n) is 18.1. The molecule has 1 unspecified atom stereocenters. The van der Waals surface area contributed by atoms with E-state index in [2.05, 4.69) is 16.0 Å². The third-order valence-electron chi connectivity index (χ3n) is 5.49. The van der Waals surface area contributed by atoms with Gasteiger partial charge in [0, 0.05) is 43.3 Å². The molecule has 1 fully saturated rings. The van der Waals surface area contributed by atoms with E-state index in [0.717, 1.165) is 6.42 Å². The van der Waals surface area contributed by atoms with E-state index in [-0.39, 0.29) is 56.0 Å². The van der Waals surface area contributed by atoms with Crippen LogP contribution in [0.25, 0.3) is 0 Å². The van der Waals surface area contributed by atoms with Gasteiger partial charge < -0.3 is 20.3 Å². The van der Waals surface area contributed by atoms with E-state index in [1.807, 2.05) is 0 Å². The predicted molar refractivity (Wildman–Crippen MR) is 115 cm³/mol. The van der Waals surface area contributed by atoms with Gasteiger partial charge in [0.2, 0.25) is 17.7 Å². The first-order valence-corrected chi connectivity index (χ1v) is 10.7. The second-order valence-electron chi connectivity index (χ2n) is 7.89. The molecule has 2 aliphatic heterocycles. The highest BCUT2D eigenvalue weighted by molar-refractivity contribution is 6.06. The van der Waals surface area contributed by atoms with Gasteiger partial charge >= 0.3 is 0 Å². The van der Waals surface area contributed by atoms with Crippen LogP contribution in [0.4, 0.5) is 5.69 Å². The Morgan fingerprint density at radius 1 is 1.22 bits per heavy atom. The molecule has 1 aromatic rings. The molecule has 10 heteroatoms. The fraction of sp³-hybridized carbons (Fsp3) is 0.500. The molecule has 4 amide bonds. The number of fused-ring (bicyclic) bond motifs is 1. The third kappa shape index (κ3) is 5.77. The van der Waals surface area contributed by atoms with E-state index >= 15 is 0 Å². The first-order valence-electron chi connectivity index (χ1n) is 10.7. The van der Waals surface area contributed by atoms with Crippen LogP contribution in [0.3, 0.4) is 0 Å². The highest BCUT2D eigenvalue weighted by Crippen LogP contribution is 2.32. The largest absolute Gasteiger partial charge is 0.377 e. The van der Waals surface area contributed by atoms with Crippen LogP contribution >= 0.6 is 0 Å². The van der Waals surface area contributed by atoms with Crippen LogP contribution in [0.5, 0.6) is 0 Å². The van der Waals surface area contributed by atoms with Crippen molar-refractivity contribution < 1.29 is 28.7 Å². The molecular formula is C22H28N4O6. The number of rotatable bonds is 11. The van der Waals surface area contributed by atoms with E-state index in [1.165, 1.54) is 12.0 Å². The fourth-order valence-corrected chi connectivity index (χ4v) is 3.89. The number of Topliss-reactive ketones (excluding diaryl/α,β-unsaturated/α-hetero) is 1. The quantitative estimate of drug-likeness (QED) is 0.331. The summed E-state index contributed by atoms with van der Waals surface area (Å²) < 4.78 is 4.76. The lowest BCUT2D eigenvalue weighted by Gasteiger charge is -2.29. The van der Waals surface area contributed by atoms with Gasteiger partial charge in [0.15, 0.2) is 5.78 Å². The van der Waals surface area contributed by atoms with Crippen LogP contribution in [0.2, 0.25) is 0 Å². The van der Waals surface area contributed by atoms with Gasteiger partial charge in [-0.1, -0.05) is 6.07 Å². The maximum absolute atomic E-state index is 12.8. The lowest BCUT2D eigenvalue weighted by Crippen LogP contribution is -2.52. The Morgan fingerprint density at radius 2 is 2.03 bits per heavy atom. The maximum atomic E-state index is 12.8. The standard InChI is InChI=1S/C22H28N4O6/c1-32-13-14(27)11-23-10-3-2-7-19(28)24-17-6-4-5-15-16(17)12-26(22(15)31)18-8-9-20(29)25-21(18)30/h4-6,18,23H,2-3,7-13H2,1H3,(H,24,28)(H,25,29,30). The van der Waals surface area contributed by atoms with Gasteiger partial charge in [-0.05, 0) is 37.9 Å². The van der Waals surface area contributed by atoms with Gasteiger partial charge in [0.05, 0.1) is 6.54 Å². The molecule has 0 aliphatic carbocycles. The van der Waals surface area contributed by atoms with Gasteiger partial charge in [0.25, 0.3) is 5.91 Å². The van der Waals surface area contributed by atoms with Crippen LogP contribution in [0.1, 0.15) is 48.0 Å². The van der Waals surface area contributed by atoms with Crippen LogP contribution in [0, 0.1) is 0 Å². The number of ether oxygens (including phenoxy) is 1. The van der Waals surface area contributed by atoms with Crippen molar-refractivity contribution in [2.45, 2.75) is 44.7 Å². The van der Waals surface area contributed by atoms with E-state index in [0.29, 0.717) is 36.2 Å². The van der Waals surface area contributed by atoms with Crippen molar-refractivity contribution in [1.82, 2.24) is 15.5 Å². The second-order valence-corrected chi connectivity index (χ2v) is 7.89. The van der Waals surface area contributed by atoms with Gasteiger partial charge in [0.1, 0.15) is 12.6 Å². The molecule has 1 aromatic carbocycles. The Kier molecular flexibility index (Phi) is 8.07. The van der Waals surface area contributed by atoms with Gasteiger partial charge in [-0.25, -0.2) is 0 Å². The molecule has 172 valence electrons. The molecule has 0 aromatic heterocycles. The summed E-state index contributed by atoms with van der Waals surface area (Å²) in [6, 6.07) is 4.41. The number of carbonyl (C=O) groups is 5. The first kappa shape index (κ1) is 23.6. The molecule has 0 radical (unpaired) electrons. The summed E-state index contributed by atoms with van der Waals surface area (Å²) in [5.74, 6) is -1.27. The number of amides is 4. The Hall–Kier alpha value is -3.11. The van der Waals surface area contributed by atoms with Crippen molar-refractivity contribution in [3.63, 3.8) is 0 Å². The number of hydrogen-bond donors (Lipinski definition) is 3. The number of methoxy groups -OCH3 is 1. The Labute approximate surface area is 186 Å². The average Bonchev–Trinajstić information content (AvgIpc) is 3.08. The molecule has 10 nitrogen and oxygen atoms in total. The SMILES string of the molecule is COCC(=O)CNCCCCC(=O)Nc1cccc2c1CN(C1CCC(=O)NC1=O)C2=O. The molecule has 0 spiro atoms. The molecule has 1 atom stereocenters. The van der Waals surface area contributed by atoms with E-state index < -0.39 is 11.9 Å². The average molecular weight is 444 g/mol. The number of benzene rings is 1. The maximum Gasteiger partial charge on any atom is 0.255 e. The number of imide groups is 1. The van der Waals surface area contributed by atoms with E-state index in [4.69, 9.17) is 4.74 Å². The van der Waals surface area contributed by atoms with Crippen LogP contribution < -0.4 is 16.0 Å². The minimum atomic E-state index is -0.695. The number of carbonyl (C=O) groups excluding carboxylic acids is 5. The number of nitrogens with one attached hydrogen (secondary N) is 3. The van der Waals surface area contributed by atoms with E-state index in [1.54, 1.807) is 18.2 Å². The molecule has 1 saturated heterocycles. The predicted octanol–water partition coefficient (Wildman–Crippen LogP) is 0.362. The van der Waals surface area contributed by atoms with Crippen molar-refractivity contribution in [2.75, 3.05) is 32.1 Å². The number of hydrogen-bond acceptors (Lipinski definition) is 7. The van der Waals surface area contributed by atoms with Crippen molar-refractivity contribution in [3.8, 4) is 0 Å². The number of piperidine rings is 1. The van der Waals surface area contributed by atoms with Gasteiger partial charge in [-0.2, -0.15) is 0 Å². The Bertz CT molecular complexity index is 916. The molecule has 0 bridgehead atoms. The highest BCUT2D eigenvalue weighted by atomic mass is 16.5. The second kappa shape index (κ2) is 11.0. The molecule has 3 N–H and O–H groups in total. The molecule has 2 aliphatic rings. The third-order valence-corrected chi connectivity index (χ3v) is 5.49. The molecule has 2 heterocycles. The number of nitrogens with zero attached hydrogens (tertiary/aromatic N) is 1. The zero-order valence-corrected chi connectivity index (χ0v) is 18.1. The summed E-state index contributed by atoms with van der Waals surface area (Å²) in [5, 5.41) is 8.16. The molecule has 0 saturated carbocycles. The number of ketones is 1. The van der Waals surface area contributed by atoms with Crippen molar-refractivity contribution in [1.29, 1.82) is 0 Å². The summed E-state index contributed by atoms with van der Waals surface area (Å²) in [6.45, 7) is 1.16. The zero-order chi connectivity index (χ0) is 23.1. The van der Waals surface area contributed by atoms with E-state index in [9.17, 15) is 24.0 Å². The number of unbranched alkanes of at least 4 members (excludes halogenated alkanes) is 1.